The number of nitrogens with one attached hydrogen (secondary N) is 1. The molecule has 0 atom stereocenters. The molecule has 2 rings (SSSR count). The molecule has 21 heavy (non-hydrogen) atoms. The van der Waals surface area contributed by atoms with Crippen molar-refractivity contribution in [1.29, 1.82) is 5.26 Å². The van der Waals surface area contributed by atoms with Crippen molar-refractivity contribution in [3.63, 3.8) is 0 Å². The Labute approximate surface area is 140 Å². The molecule has 0 aliphatic rings. The van der Waals surface area contributed by atoms with Gasteiger partial charge in [0.05, 0.1) is 30.0 Å². The molecular formula is C15H10ClIN2O2. The molecule has 0 aromatic heterocycles. The number of hydrogen-bond acceptors (Lipinski definition) is 3. The van der Waals surface area contributed by atoms with E-state index in [0.717, 1.165) is 3.57 Å². The molecular weight excluding hydrogens is 403 g/mol. The van der Waals surface area contributed by atoms with E-state index in [1.54, 1.807) is 36.4 Å². The number of anilines is 1. The van der Waals surface area contributed by atoms with Crippen LogP contribution in [0.15, 0.2) is 36.4 Å². The van der Waals surface area contributed by atoms with Crippen LogP contribution in [0.3, 0.4) is 0 Å². The Bertz CT molecular complexity index is 741. The maximum Gasteiger partial charge on any atom is 0.256 e. The van der Waals surface area contributed by atoms with Crippen molar-refractivity contribution in [2.24, 2.45) is 0 Å². The van der Waals surface area contributed by atoms with Crippen LogP contribution in [0, 0.1) is 14.9 Å². The van der Waals surface area contributed by atoms with Crippen molar-refractivity contribution in [1.82, 2.24) is 0 Å². The van der Waals surface area contributed by atoms with E-state index in [1.165, 1.54) is 7.11 Å². The van der Waals surface area contributed by atoms with Crippen molar-refractivity contribution < 1.29 is 9.53 Å². The Hall–Kier alpha value is -1.78. The number of halogens is 2. The van der Waals surface area contributed by atoms with Gasteiger partial charge in [0.2, 0.25) is 0 Å². The summed E-state index contributed by atoms with van der Waals surface area (Å²) in [6.07, 6.45) is 0. The van der Waals surface area contributed by atoms with Crippen LogP contribution >= 0.6 is 34.2 Å². The lowest BCUT2D eigenvalue weighted by Crippen LogP contribution is -2.14. The Morgan fingerprint density at radius 2 is 2.10 bits per heavy atom. The number of nitriles is 1. The van der Waals surface area contributed by atoms with Gasteiger partial charge in [0, 0.05) is 14.7 Å². The number of amides is 1. The topological polar surface area (TPSA) is 62.1 Å². The van der Waals surface area contributed by atoms with E-state index in [2.05, 4.69) is 27.9 Å². The first-order valence-electron chi connectivity index (χ1n) is 5.89. The molecule has 0 saturated heterocycles. The number of methoxy groups -OCH3 is 1. The summed E-state index contributed by atoms with van der Waals surface area (Å²) in [7, 11) is 1.48. The normalized spacial score (nSPS) is 9.81. The highest BCUT2D eigenvalue weighted by atomic mass is 127. The van der Waals surface area contributed by atoms with Crippen LogP contribution in [0.25, 0.3) is 0 Å². The lowest BCUT2D eigenvalue weighted by atomic mass is 10.1. The van der Waals surface area contributed by atoms with Crippen LogP contribution in [0.4, 0.5) is 5.69 Å². The number of carbonyl (C=O) groups is 1. The molecule has 0 saturated carbocycles. The molecule has 1 N–H and O–H groups in total. The van der Waals surface area contributed by atoms with Crippen LogP contribution in [0.5, 0.6) is 5.75 Å². The number of benzene rings is 2. The minimum absolute atomic E-state index is 0.287. The first kappa shape index (κ1) is 15.6. The van der Waals surface area contributed by atoms with Gasteiger partial charge in [0.15, 0.2) is 0 Å². The summed E-state index contributed by atoms with van der Waals surface area (Å²) >= 11 is 7.99. The lowest BCUT2D eigenvalue weighted by Gasteiger charge is -2.11. The lowest BCUT2D eigenvalue weighted by molar-refractivity contribution is 0.102. The second-order valence-corrected chi connectivity index (χ2v) is 5.70. The summed E-state index contributed by atoms with van der Waals surface area (Å²) in [6.45, 7) is 0. The molecule has 0 fully saturated rings. The number of ether oxygens (including phenoxy) is 1. The molecule has 1 amide bonds. The van der Waals surface area contributed by atoms with E-state index in [1.807, 2.05) is 6.07 Å². The van der Waals surface area contributed by atoms with Gasteiger partial charge in [-0.05, 0) is 52.9 Å². The van der Waals surface area contributed by atoms with Gasteiger partial charge in [0.25, 0.3) is 5.91 Å². The SMILES string of the molecule is COc1cc(C#N)ccc1NC(=O)c1cc(Cl)ccc1I. The molecule has 0 aliphatic carbocycles. The molecule has 0 aliphatic heterocycles. The maximum atomic E-state index is 12.3. The molecule has 2 aromatic carbocycles. The predicted molar refractivity (Wildman–Crippen MR) is 89.8 cm³/mol. The molecule has 0 bridgehead atoms. The molecule has 4 nitrogen and oxygen atoms in total. The van der Waals surface area contributed by atoms with E-state index >= 15 is 0 Å². The van der Waals surface area contributed by atoms with Crippen LogP contribution < -0.4 is 10.1 Å². The van der Waals surface area contributed by atoms with E-state index in [0.29, 0.717) is 27.6 Å². The van der Waals surface area contributed by atoms with Crippen molar-refractivity contribution in [2.45, 2.75) is 0 Å². The fourth-order valence-corrected chi connectivity index (χ4v) is 2.48. The highest BCUT2D eigenvalue weighted by Crippen LogP contribution is 2.27. The van der Waals surface area contributed by atoms with Gasteiger partial charge in [-0.3, -0.25) is 4.79 Å². The molecule has 6 heteroatoms. The average molecular weight is 413 g/mol. The molecule has 106 valence electrons. The van der Waals surface area contributed by atoms with Crippen LogP contribution in [0.2, 0.25) is 5.02 Å². The third kappa shape index (κ3) is 3.65. The van der Waals surface area contributed by atoms with Gasteiger partial charge >= 0.3 is 0 Å². The molecule has 0 spiro atoms. The highest BCUT2D eigenvalue weighted by molar-refractivity contribution is 14.1. The maximum absolute atomic E-state index is 12.3. The van der Waals surface area contributed by atoms with Crippen molar-refractivity contribution >= 4 is 45.8 Å². The highest BCUT2D eigenvalue weighted by Gasteiger charge is 2.13. The number of rotatable bonds is 3. The van der Waals surface area contributed by atoms with Crippen molar-refractivity contribution in [2.75, 3.05) is 12.4 Å². The average Bonchev–Trinajstić information content (AvgIpc) is 2.49. The summed E-state index contributed by atoms with van der Waals surface area (Å²) in [5, 5.41) is 12.1. The van der Waals surface area contributed by atoms with E-state index in [4.69, 9.17) is 21.6 Å². The third-order valence-corrected chi connectivity index (χ3v) is 3.93. The van der Waals surface area contributed by atoms with E-state index in [9.17, 15) is 4.79 Å². The van der Waals surface area contributed by atoms with Crippen LogP contribution in [-0.4, -0.2) is 13.0 Å². The smallest absolute Gasteiger partial charge is 0.256 e. The Morgan fingerprint density at radius 3 is 2.76 bits per heavy atom. The number of carbonyl (C=O) groups excluding carboxylic acids is 1. The summed E-state index contributed by atoms with van der Waals surface area (Å²) in [5.74, 6) is 0.143. The Morgan fingerprint density at radius 1 is 1.33 bits per heavy atom. The molecule has 0 unspecified atom stereocenters. The molecule has 0 radical (unpaired) electrons. The second kappa shape index (κ2) is 6.78. The Kier molecular flexibility index (Phi) is 5.04. The zero-order valence-electron chi connectivity index (χ0n) is 11.0. The first-order chi connectivity index (χ1) is 10.0. The Balaban J connectivity index is 2.32. The van der Waals surface area contributed by atoms with E-state index < -0.39 is 0 Å². The van der Waals surface area contributed by atoms with Crippen LogP contribution in [0.1, 0.15) is 15.9 Å². The number of hydrogen-bond donors (Lipinski definition) is 1. The quantitative estimate of drug-likeness (QED) is 0.773. The van der Waals surface area contributed by atoms with Gasteiger partial charge in [-0.15, -0.1) is 0 Å². The molecule has 0 heterocycles. The molecule has 2 aromatic rings. The summed E-state index contributed by atoms with van der Waals surface area (Å²) < 4.78 is 5.98. The largest absolute Gasteiger partial charge is 0.495 e. The zero-order valence-corrected chi connectivity index (χ0v) is 13.9. The predicted octanol–water partition coefficient (Wildman–Crippen LogP) is 4.08. The van der Waals surface area contributed by atoms with Gasteiger partial charge < -0.3 is 10.1 Å². The minimum atomic E-state index is -0.287. The summed E-state index contributed by atoms with van der Waals surface area (Å²) in [5.41, 5.74) is 1.44. The standard InChI is InChI=1S/C15H10ClIN2O2/c1-21-14-6-9(8-18)2-5-13(14)19-15(20)11-7-10(16)3-4-12(11)17/h2-7H,1H3,(H,19,20). The van der Waals surface area contributed by atoms with Gasteiger partial charge in [0.1, 0.15) is 5.75 Å². The fraction of sp³-hybridized carbons (Fsp3) is 0.0667. The van der Waals surface area contributed by atoms with Crippen LogP contribution in [-0.2, 0) is 0 Å². The first-order valence-corrected chi connectivity index (χ1v) is 7.35. The van der Waals surface area contributed by atoms with E-state index in [-0.39, 0.29) is 5.91 Å². The zero-order chi connectivity index (χ0) is 15.4. The summed E-state index contributed by atoms with van der Waals surface area (Å²) in [6, 6.07) is 11.9. The second-order valence-electron chi connectivity index (χ2n) is 4.11. The van der Waals surface area contributed by atoms with Crippen molar-refractivity contribution in [3.05, 3.63) is 56.1 Å². The number of nitrogens with zero attached hydrogens (tertiary/aromatic N) is 1. The van der Waals surface area contributed by atoms with Gasteiger partial charge in [-0.2, -0.15) is 5.26 Å². The van der Waals surface area contributed by atoms with Gasteiger partial charge in [-0.1, -0.05) is 11.6 Å². The third-order valence-electron chi connectivity index (χ3n) is 2.75. The fourth-order valence-electron chi connectivity index (χ4n) is 1.73. The summed E-state index contributed by atoms with van der Waals surface area (Å²) in [4.78, 5) is 12.3. The van der Waals surface area contributed by atoms with Gasteiger partial charge in [-0.25, -0.2) is 0 Å². The monoisotopic (exact) mass is 412 g/mol. The van der Waals surface area contributed by atoms with Crippen molar-refractivity contribution in [3.8, 4) is 11.8 Å². The minimum Gasteiger partial charge on any atom is -0.495 e.